The van der Waals surface area contributed by atoms with Crippen LogP contribution < -0.4 is 5.19 Å². The Kier molecular flexibility index (Phi) is 4.30. The van der Waals surface area contributed by atoms with Gasteiger partial charge in [-0.2, -0.15) is 0 Å². The fourth-order valence-electron chi connectivity index (χ4n) is 1.99. The van der Waals surface area contributed by atoms with E-state index in [1.165, 1.54) is 5.19 Å². The molecule has 1 aromatic rings. The van der Waals surface area contributed by atoms with Gasteiger partial charge < -0.3 is 5.11 Å². The molecule has 15 heavy (non-hydrogen) atoms. The molecule has 82 valence electrons. The van der Waals surface area contributed by atoms with Crippen LogP contribution in [0, 0.1) is 0 Å². The molecule has 0 aromatic heterocycles. The number of hydrogen-bond donors (Lipinski definition) is 1. The first kappa shape index (κ1) is 12.2. The topological polar surface area (TPSA) is 20.2 Å². The molecule has 0 unspecified atom stereocenters. The Morgan fingerprint density at radius 1 is 1.33 bits per heavy atom. The van der Waals surface area contributed by atoms with Crippen LogP contribution in [-0.2, 0) is 0 Å². The molecule has 0 aliphatic heterocycles. The van der Waals surface area contributed by atoms with Crippen molar-refractivity contribution in [2.75, 3.05) is 6.61 Å². The largest absolute Gasteiger partial charge is 0.396 e. The lowest BCUT2D eigenvalue weighted by Gasteiger charge is -2.30. The predicted molar refractivity (Wildman–Crippen MR) is 69.2 cm³/mol. The third-order valence-electron chi connectivity index (χ3n) is 3.17. The van der Waals surface area contributed by atoms with Crippen molar-refractivity contribution in [1.82, 2.24) is 0 Å². The molecule has 0 radical (unpaired) electrons. The van der Waals surface area contributed by atoms with Crippen LogP contribution in [0.4, 0.5) is 0 Å². The summed E-state index contributed by atoms with van der Waals surface area (Å²) in [6.07, 6.45) is 2.84. The molecule has 0 aliphatic carbocycles. The maximum atomic E-state index is 9.05. The quantitative estimate of drug-likeness (QED) is 0.597. The summed E-state index contributed by atoms with van der Waals surface area (Å²) < 4.78 is 0. The summed E-state index contributed by atoms with van der Waals surface area (Å²) in [4.78, 5) is 0. The third-order valence-corrected chi connectivity index (χ3v) is 7.37. The zero-order chi connectivity index (χ0) is 11.3. The summed E-state index contributed by atoms with van der Waals surface area (Å²) in [5, 5.41) is 10.5. The Morgan fingerprint density at radius 2 is 1.93 bits per heavy atom. The Labute approximate surface area is 93.5 Å². The van der Waals surface area contributed by atoms with E-state index in [1.54, 1.807) is 0 Å². The lowest BCUT2D eigenvalue weighted by Crippen LogP contribution is -2.45. The van der Waals surface area contributed by atoms with Crippen LogP contribution in [0.25, 0.3) is 0 Å². The maximum absolute atomic E-state index is 9.05. The molecule has 1 nitrogen and oxygen atoms in total. The molecule has 1 rings (SSSR count). The summed E-state index contributed by atoms with van der Waals surface area (Å²) in [6.45, 7) is 8.82. The molecule has 1 aromatic carbocycles. The minimum Gasteiger partial charge on any atom is -0.396 e. The molecular weight excluding hydrogens is 200 g/mol. The Balaban J connectivity index is 2.94. The van der Waals surface area contributed by atoms with Gasteiger partial charge in [0.15, 0.2) is 0 Å². The van der Waals surface area contributed by atoms with Gasteiger partial charge in [0.25, 0.3) is 0 Å². The van der Waals surface area contributed by atoms with Crippen LogP contribution in [-0.4, -0.2) is 19.8 Å². The number of rotatable bonds is 5. The average molecular weight is 220 g/mol. The predicted octanol–water partition coefficient (Wildman–Crippen LogP) is 2.54. The second-order valence-electron chi connectivity index (χ2n) is 4.44. The first-order valence-corrected chi connectivity index (χ1v) is 8.49. The zero-order valence-electron chi connectivity index (χ0n) is 9.61. The number of hydrogen-bond acceptors (Lipinski definition) is 1. The smallest absolute Gasteiger partial charge is 0.0874 e. The minimum atomic E-state index is -1.51. The summed E-state index contributed by atoms with van der Waals surface area (Å²) in [6, 6.07) is 10.6. The van der Waals surface area contributed by atoms with E-state index in [0.717, 1.165) is 6.42 Å². The average Bonchev–Trinajstić information content (AvgIpc) is 2.27. The summed E-state index contributed by atoms with van der Waals surface area (Å²) in [5.41, 5.74) is 0.449. The van der Waals surface area contributed by atoms with Gasteiger partial charge in [-0.1, -0.05) is 54.7 Å². The highest BCUT2D eigenvalue weighted by atomic mass is 28.3. The van der Waals surface area contributed by atoms with E-state index in [1.807, 2.05) is 12.1 Å². The van der Waals surface area contributed by atoms with E-state index in [2.05, 4.69) is 43.9 Å². The van der Waals surface area contributed by atoms with Crippen LogP contribution in [0.1, 0.15) is 6.42 Å². The molecular formula is C13H20OSi. The summed E-state index contributed by atoms with van der Waals surface area (Å²) >= 11 is 0. The second kappa shape index (κ2) is 5.28. The molecule has 0 bridgehead atoms. The molecule has 1 N–H and O–H groups in total. The number of benzene rings is 1. The highest BCUT2D eigenvalue weighted by molar-refractivity contribution is 6.91. The molecule has 1 atom stereocenters. The minimum absolute atomic E-state index is 0.250. The Hall–Kier alpha value is -0.863. The molecule has 0 saturated carbocycles. The van der Waals surface area contributed by atoms with Gasteiger partial charge in [0, 0.05) is 6.61 Å². The molecule has 0 spiro atoms. The van der Waals surface area contributed by atoms with Crippen molar-refractivity contribution in [1.29, 1.82) is 0 Å². The van der Waals surface area contributed by atoms with Gasteiger partial charge in [-0.25, -0.2) is 0 Å². The van der Waals surface area contributed by atoms with Gasteiger partial charge in [-0.15, -0.1) is 6.58 Å². The van der Waals surface area contributed by atoms with Crippen LogP contribution >= 0.6 is 0 Å². The van der Waals surface area contributed by atoms with Crippen molar-refractivity contribution in [3.8, 4) is 0 Å². The van der Waals surface area contributed by atoms with Crippen LogP contribution in [0.3, 0.4) is 0 Å². The van der Waals surface area contributed by atoms with Gasteiger partial charge in [0.05, 0.1) is 8.07 Å². The molecule has 2 heteroatoms. The molecule has 0 fully saturated rings. The Morgan fingerprint density at radius 3 is 2.40 bits per heavy atom. The van der Waals surface area contributed by atoms with E-state index >= 15 is 0 Å². The van der Waals surface area contributed by atoms with E-state index in [0.29, 0.717) is 5.54 Å². The summed E-state index contributed by atoms with van der Waals surface area (Å²) in [5.74, 6) is 0. The van der Waals surface area contributed by atoms with Gasteiger partial charge in [0.1, 0.15) is 0 Å². The number of aliphatic hydroxyl groups is 1. The van der Waals surface area contributed by atoms with Crippen LogP contribution in [0.2, 0.25) is 18.6 Å². The van der Waals surface area contributed by atoms with Crippen molar-refractivity contribution >= 4 is 13.3 Å². The van der Waals surface area contributed by atoms with Crippen molar-refractivity contribution in [3.63, 3.8) is 0 Å². The van der Waals surface area contributed by atoms with Crippen molar-refractivity contribution in [2.45, 2.75) is 25.1 Å². The van der Waals surface area contributed by atoms with E-state index in [9.17, 15) is 0 Å². The Bertz CT molecular complexity index is 306. The van der Waals surface area contributed by atoms with Crippen molar-refractivity contribution < 1.29 is 5.11 Å². The van der Waals surface area contributed by atoms with Crippen molar-refractivity contribution in [2.24, 2.45) is 0 Å². The maximum Gasteiger partial charge on any atom is 0.0874 e. The molecule has 0 aliphatic rings. The van der Waals surface area contributed by atoms with E-state index < -0.39 is 8.07 Å². The fraction of sp³-hybridized carbons (Fsp3) is 0.385. The van der Waals surface area contributed by atoms with Gasteiger partial charge in [-0.3, -0.25) is 0 Å². The number of allylic oxidation sites excluding steroid dienone is 1. The van der Waals surface area contributed by atoms with Crippen LogP contribution in [0.5, 0.6) is 0 Å². The molecule has 0 amide bonds. The monoisotopic (exact) mass is 220 g/mol. The standard InChI is InChI=1S/C13H20OSi/c1-4-12(10-11-14)15(2,3)13-8-6-5-7-9-13/h4-9,12,14H,1,10-11H2,2-3H3/t12-/m0/s1. The normalized spacial score (nSPS) is 13.5. The zero-order valence-corrected chi connectivity index (χ0v) is 10.6. The van der Waals surface area contributed by atoms with E-state index in [4.69, 9.17) is 5.11 Å². The van der Waals surface area contributed by atoms with Crippen LogP contribution in [0.15, 0.2) is 43.0 Å². The lowest BCUT2D eigenvalue weighted by atomic mass is 10.3. The van der Waals surface area contributed by atoms with Gasteiger partial charge in [-0.05, 0) is 12.0 Å². The lowest BCUT2D eigenvalue weighted by molar-refractivity contribution is 0.289. The second-order valence-corrected chi connectivity index (χ2v) is 9.20. The molecule has 0 heterocycles. The SMILES string of the molecule is C=C[C@@H](CCO)[Si](C)(C)c1ccccc1. The van der Waals surface area contributed by atoms with E-state index in [-0.39, 0.29) is 6.61 Å². The third kappa shape index (κ3) is 2.80. The fourth-order valence-corrected chi connectivity index (χ4v) is 4.91. The summed E-state index contributed by atoms with van der Waals surface area (Å²) in [7, 11) is -1.51. The van der Waals surface area contributed by atoms with Crippen molar-refractivity contribution in [3.05, 3.63) is 43.0 Å². The first-order valence-electron chi connectivity index (χ1n) is 5.42. The van der Waals surface area contributed by atoms with Gasteiger partial charge >= 0.3 is 0 Å². The number of aliphatic hydroxyl groups excluding tert-OH is 1. The highest BCUT2D eigenvalue weighted by Crippen LogP contribution is 2.26. The first-order chi connectivity index (χ1) is 7.12. The van der Waals surface area contributed by atoms with Gasteiger partial charge in [0.2, 0.25) is 0 Å². The highest BCUT2D eigenvalue weighted by Gasteiger charge is 2.30. The molecule has 0 saturated heterocycles.